The first-order valence-corrected chi connectivity index (χ1v) is 10.6. The first kappa shape index (κ1) is 21.9. The molecule has 6 heteroatoms. The van der Waals surface area contributed by atoms with E-state index in [0.29, 0.717) is 24.9 Å². The van der Waals surface area contributed by atoms with Crippen LogP contribution in [0.25, 0.3) is 0 Å². The van der Waals surface area contributed by atoms with Crippen LogP contribution in [0.5, 0.6) is 11.5 Å². The lowest BCUT2D eigenvalue weighted by molar-refractivity contribution is -0.154. The van der Waals surface area contributed by atoms with E-state index in [1.165, 1.54) is 6.42 Å². The van der Waals surface area contributed by atoms with Gasteiger partial charge in [-0.1, -0.05) is 13.3 Å². The summed E-state index contributed by atoms with van der Waals surface area (Å²) in [4.78, 5) is 12.6. The Hall–Kier alpha value is -1.79. The molecule has 1 aromatic carbocycles. The number of benzene rings is 1. The van der Waals surface area contributed by atoms with Gasteiger partial charge in [-0.3, -0.25) is 4.79 Å². The molecule has 1 heterocycles. The van der Waals surface area contributed by atoms with Gasteiger partial charge in [0.15, 0.2) is 0 Å². The second kappa shape index (κ2) is 9.35. The van der Waals surface area contributed by atoms with Crippen molar-refractivity contribution in [3.63, 3.8) is 0 Å². The highest BCUT2D eigenvalue weighted by Gasteiger charge is 2.49. The number of nitrogens with one attached hydrogen (secondary N) is 1. The fourth-order valence-corrected chi connectivity index (χ4v) is 4.93. The van der Waals surface area contributed by atoms with Crippen molar-refractivity contribution in [1.29, 1.82) is 0 Å². The summed E-state index contributed by atoms with van der Waals surface area (Å²) >= 11 is 0. The quantitative estimate of drug-likeness (QED) is 0.746. The third-order valence-corrected chi connectivity index (χ3v) is 6.52. The molecule has 1 aliphatic heterocycles. The molecule has 1 aromatic rings. The maximum absolute atomic E-state index is 12.6. The van der Waals surface area contributed by atoms with Crippen LogP contribution in [0.1, 0.15) is 57.6 Å². The Morgan fingerprint density at radius 1 is 1.17 bits per heavy atom. The lowest BCUT2D eigenvalue weighted by Crippen LogP contribution is -2.60. The molecule has 5 atom stereocenters. The number of carbonyl (C=O) groups is 1. The molecular weight excluding hydrogens is 370 g/mol. The van der Waals surface area contributed by atoms with Crippen molar-refractivity contribution in [2.75, 3.05) is 27.9 Å². The van der Waals surface area contributed by atoms with Crippen LogP contribution in [0, 0.1) is 11.8 Å². The maximum atomic E-state index is 12.6. The van der Waals surface area contributed by atoms with Crippen molar-refractivity contribution in [3.05, 3.63) is 23.8 Å². The number of carbonyl (C=O) groups excluding carboxylic acids is 1. The minimum absolute atomic E-state index is 0.0376. The van der Waals surface area contributed by atoms with Gasteiger partial charge in [-0.2, -0.15) is 0 Å². The molecule has 2 aliphatic rings. The van der Waals surface area contributed by atoms with Gasteiger partial charge in [-0.05, 0) is 43.4 Å². The van der Waals surface area contributed by atoms with E-state index in [1.54, 1.807) is 21.3 Å². The van der Waals surface area contributed by atoms with Crippen molar-refractivity contribution in [3.8, 4) is 11.5 Å². The number of fused-ring (bicyclic) bond motifs is 1. The van der Waals surface area contributed by atoms with Gasteiger partial charge >= 0.3 is 0 Å². The van der Waals surface area contributed by atoms with E-state index >= 15 is 0 Å². The van der Waals surface area contributed by atoms with Crippen LogP contribution in [0.2, 0.25) is 0 Å². The van der Waals surface area contributed by atoms with E-state index in [9.17, 15) is 4.79 Å². The standard InChI is InChI=1S/C23H35NO5/c1-15-6-7-19-20(10-15)29-21(14-23(19,2)24-22(25)8-9-26-3)16-11-17(27-4)13-18(12-16)28-5/h11-13,15,19-21H,6-10,14H2,1-5H3,(H,24,25)/t15-,19-,20-,21-,23+/m1/s1. The zero-order chi connectivity index (χ0) is 21.0. The highest BCUT2D eigenvalue weighted by molar-refractivity contribution is 5.77. The molecular formula is C23H35NO5. The number of amides is 1. The minimum Gasteiger partial charge on any atom is -0.497 e. The Morgan fingerprint density at radius 2 is 1.86 bits per heavy atom. The Labute approximate surface area is 174 Å². The summed E-state index contributed by atoms with van der Waals surface area (Å²) in [6.07, 6.45) is 4.36. The summed E-state index contributed by atoms with van der Waals surface area (Å²) in [5.74, 6) is 2.47. The molecule has 6 nitrogen and oxygen atoms in total. The fourth-order valence-electron chi connectivity index (χ4n) is 4.93. The lowest BCUT2D eigenvalue weighted by atomic mass is 9.66. The van der Waals surface area contributed by atoms with Crippen molar-refractivity contribution in [2.24, 2.45) is 11.8 Å². The number of hydrogen-bond donors (Lipinski definition) is 1. The molecule has 29 heavy (non-hydrogen) atoms. The monoisotopic (exact) mass is 405 g/mol. The van der Waals surface area contributed by atoms with Gasteiger partial charge in [0.1, 0.15) is 11.5 Å². The predicted molar refractivity (Wildman–Crippen MR) is 111 cm³/mol. The molecule has 1 saturated carbocycles. The topological polar surface area (TPSA) is 66.0 Å². The van der Waals surface area contributed by atoms with Gasteiger partial charge in [0.05, 0.1) is 33.0 Å². The molecule has 2 fully saturated rings. The number of rotatable bonds is 7. The predicted octanol–water partition coefficient (Wildman–Crippen LogP) is 3.88. The van der Waals surface area contributed by atoms with Gasteiger partial charge in [0, 0.05) is 37.5 Å². The molecule has 1 aliphatic carbocycles. The summed E-state index contributed by atoms with van der Waals surface area (Å²) in [6.45, 7) is 4.89. The largest absolute Gasteiger partial charge is 0.497 e. The number of ether oxygens (including phenoxy) is 4. The van der Waals surface area contributed by atoms with Crippen LogP contribution in [-0.2, 0) is 14.3 Å². The van der Waals surface area contributed by atoms with Crippen molar-refractivity contribution < 1.29 is 23.7 Å². The van der Waals surface area contributed by atoms with E-state index < -0.39 is 0 Å². The third-order valence-electron chi connectivity index (χ3n) is 6.52. The lowest BCUT2D eigenvalue weighted by Gasteiger charge is -2.52. The molecule has 1 saturated heterocycles. The van der Waals surface area contributed by atoms with Crippen LogP contribution < -0.4 is 14.8 Å². The Morgan fingerprint density at radius 3 is 2.48 bits per heavy atom. The Kier molecular flexibility index (Phi) is 7.06. The normalized spacial score (nSPS) is 31.6. The van der Waals surface area contributed by atoms with Gasteiger partial charge in [-0.15, -0.1) is 0 Å². The van der Waals surface area contributed by atoms with Crippen LogP contribution in [0.3, 0.4) is 0 Å². The second-order valence-corrected chi connectivity index (χ2v) is 8.75. The zero-order valence-electron chi connectivity index (χ0n) is 18.3. The Bertz CT molecular complexity index is 686. The fraction of sp³-hybridized carbons (Fsp3) is 0.696. The molecule has 0 spiro atoms. The molecule has 1 amide bonds. The third kappa shape index (κ3) is 5.04. The first-order valence-electron chi connectivity index (χ1n) is 10.6. The van der Waals surface area contributed by atoms with Gasteiger partial charge in [-0.25, -0.2) is 0 Å². The molecule has 1 N–H and O–H groups in total. The highest BCUT2D eigenvalue weighted by Crippen LogP contribution is 2.48. The SMILES string of the molecule is COCCC(=O)N[C@@]1(C)C[C@H](c2cc(OC)cc(OC)c2)O[C@@H]2C[C@H](C)CC[C@H]21. The minimum atomic E-state index is -0.325. The van der Waals surface area contributed by atoms with Crippen molar-refractivity contribution in [1.82, 2.24) is 5.32 Å². The molecule has 0 bridgehead atoms. The molecule has 3 rings (SSSR count). The molecule has 162 valence electrons. The summed E-state index contributed by atoms with van der Waals surface area (Å²) in [6, 6.07) is 5.88. The summed E-state index contributed by atoms with van der Waals surface area (Å²) in [5, 5.41) is 3.34. The van der Waals surface area contributed by atoms with Crippen LogP contribution in [0.4, 0.5) is 0 Å². The van der Waals surface area contributed by atoms with Crippen LogP contribution in [-0.4, -0.2) is 45.5 Å². The van der Waals surface area contributed by atoms with Gasteiger partial charge in [0.25, 0.3) is 0 Å². The van der Waals surface area contributed by atoms with Crippen LogP contribution in [0.15, 0.2) is 18.2 Å². The van der Waals surface area contributed by atoms with Gasteiger partial charge in [0.2, 0.25) is 5.91 Å². The van der Waals surface area contributed by atoms with E-state index in [1.807, 2.05) is 18.2 Å². The smallest absolute Gasteiger partial charge is 0.222 e. The van der Waals surface area contributed by atoms with E-state index in [2.05, 4.69) is 19.2 Å². The summed E-state index contributed by atoms with van der Waals surface area (Å²) in [7, 11) is 4.92. The van der Waals surface area contributed by atoms with Crippen molar-refractivity contribution in [2.45, 2.75) is 63.7 Å². The molecule has 0 aromatic heterocycles. The van der Waals surface area contributed by atoms with Gasteiger partial charge < -0.3 is 24.3 Å². The second-order valence-electron chi connectivity index (χ2n) is 8.75. The molecule has 0 radical (unpaired) electrons. The average molecular weight is 406 g/mol. The molecule has 0 unspecified atom stereocenters. The van der Waals surface area contributed by atoms with Crippen molar-refractivity contribution >= 4 is 5.91 Å². The number of hydrogen-bond acceptors (Lipinski definition) is 5. The average Bonchev–Trinajstić information content (AvgIpc) is 2.71. The summed E-state index contributed by atoms with van der Waals surface area (Å²) in [5.41, 5.74) is 0.699. The van der Waals surface area contributed by atoms with E-state index in [4.69, 9.17) is 18.9 Å². The van der Waals surface area contributed by atoms with Crippen LogP contribution >= 0.6 is 0 Å². The Balaban J connectivity index is 1.89. The number of methoxy groups -OCH3 is 3. The zero-order valence-corrected chi connectivity index (χ0v) is 18.3. The van der Waals surface area contributed by atoms with E-state index in [0.717, 1.165) is 36.3 Å². The van der Waals surface area contributed by atoms with E-state index in [-0.39, 0.29) is 23.7 Å². The maximum Gasteiger partial charge on any atom is 0.222 e. The first-order chi connectivity index (χ1) is 13.9. The highest BCUT2D eigenvalue weighted by atomic mass is 16.5. The summed E-state index contributed by atoms with van der Waals surface area (Å²) < 4.78 is 22.6.